The van der Waals surface area contributed by atoms with Crippen molar-refractivity contribution in [2.24, 2.45) is 5.92 Å². The van der Waals surface area contributed by atoms with Crippen LogP contribution in [-0.4, -0.2) is 30.7 Å². The van der Waals surface area contributed by atoms with Crippen molar-refractivity contribution >= 4 is 34.9 Å². The van der Waals surface area contributed by atoms with Gasteiger partial charge in [0.1, 0.15) is 5.75 Å². The summed E-state index contributed by atoms with van der Waals surface area (Å²) in [6, 6.07) is 13.6. The Labute approximate surface area is 163 Å². The quantitative estimate of drug-likeness (QED) is 0.583. The molecule has 2 aromatic rings. The van der Waals surface area contributed by atoms with E-state index in [1.54, 1.807) is 42.5 Å². The lowest BCUT2D eigenvalue weighted by Crippen LogP contribution is -2.34. The zero-order chi connectivity index (χ0) is 19.8. The summed E-state index contributed by atoms with van der Waals surface area (Å²) < 4.78 is 10.3. The van der Waals surface area contributed by atoms with Gasteiger partial charge >= 0.3 is 5.97 Å². The summed E-state index contributed by atoms with van der Waals surface area (Å²) in [6.45, 7) is 4.58. The fourth-order valence-electron chi connectivity index (χ4n) is 2.18. The maximum atomic E-state index is 12.5. The summed E-state index contributed by atoms with van der Waals surface area (Å²) in [6.07, 6.45) is 0. The van der Waals surface area contributed by atoms with Gasteiger partial charge in [-0.25, -0.2) is 4.79 Å². The Hall–Kier alpha value is -2.93. The second kappa shape index (κ2) is 9.68. The molecule has 0 aliphatic carbocycles. The van der Waals surface area contributed by atoms with Crippen molar-refractivity contribution in [3.8, 4) is 5.75 Å². The van der Waals surface area contributed by atoms with Gasteiger partial charge in [-0.3, -0.25) is 10.1 Å². The molecule has 142 valence electrons. The fraction of sp³-hybridized carbons (Fsp3) is 0.250. The summed E-state index contributed by atoms with van der Waals surface area (Å²) in [5.74, 6) is 0.0687. The van der Waals surface area contributed by atoms with Crippen LogP contribution in [0.3, 0.4) is 0 Å². The van der Waals surface area contributed by atoms with Crippen LogP contribution in [0.4, 0.5) is 5.69 Å². The molecule has 0 saturated heterocycles. The van der Waals surface area contributed by atoms with Crippen molar-refractivity contribution in [1.82, 2.24) is 5.32 Å². The highest BCUT2D eigenvalue weighted by molar-refractivity contribution is 7.80. The summed E-state index contributed by atoms with van der Waals surface area (Å²) in [7, 11) is 1.32. The topological polar surface area (TPSA) is 76.7 Å². The highest BCUT2D eigenvalue weighted by atomic mass is 32.1. The molecule has 0 bridgehead atoms. The molecule has 27 heavy (non-hydrogen) atoms. The minimum absolute atomic E-state index is 0.143. The van der Waals surface area contributed by atoms with E-state index in [1.807, 2.05) is 19.9 Å². The van der Waals surface area contributed by atoms with Crippen molar-refractivity contribution in [2.75, 3.05) is 19.0 Å². The Balaban J connectivity index is 1.99. The average Bonchev–Trinajstić information content (AvgIpc) is 2.66. The SMILES string of the molecule is COC(=O)c1ccc(NC(=S)NC(=O)c2ccccc2OCC(C)C)cc1. The highest BCUT2D eigenvalue weighted by Crippen LogP contribution is 2.19. The van der Waals surface area contributed by atoms with Crippen molar-refractivity contribution in [2.45, 2.75) is 13.8 Å². The molecule has 0 unspecified atom stereocenters. The predicted molar refractivity (Wildman–Crippen MR) is 108 cm³/mol. The minimum atomic E-state index is -0.421. The average molecular weight is 386 g/mol. The Bertz CT molecular complexity index is 819. The monoisotopic (exact) mass is 386 g/mol. The van der Waals surface area contributed by atoms with Crippen LogP contribution in [0.5, 0.6) is 5.75 Å². The molecule has 0 fully saturated rings. The van der Waals surface area contributed by atoms with Gasteiger partial charge < -0.3 is 14.8 Å². The molecule has 0 aliphatic heterocycles. The number of rotatable bonds is 6. The van der Waals surface area contributed by atoms with E-state index in [9.17, 15) is 9.59 Å². The number of esters is 1. The molecule has 1 amide bonds. The predicted octanol–water partition coefficient (Wildman–Crippen LogP) is 3.63. The van der Waals surface area contributed by atoms with E-state index in [2.05, 4.69) is 15.4 Å². The molecule has 0 spiro atoms. The zero-order valence-corrected chi connectivity index (χ0v) is 16.3. The Morgan fingerprint density at radius 1 is 1.07 bits per heavy atom. The minimum Gasteiger partial charge on any atom is -0.492 e. The number of amides is 1. The number of hydrogen-bond donors (Lipinski definition) is 2. The number of carbonyl (C=O) groups excluding carboxylic acids is 2. The zero-order valence-electron chi connectivity index (χ0n) is 15.4. The van der Waals surface area contributed by atoms with Crippen LogP contribution >= 0.6 is 12.2 Å². The lowest BCUT2D eigenvalue weighted by molar-refractivity contribution is 0.0600. The molecule has 2 N–H and O–H groups in total. The molecule has 2 rings (SSSR count). The first kappa shape index (κ1) is 20.4. The molecule has 2 aromatic carbocycles. The first-order valence-corrected chi connectivity index (χ1v) is 8.84. The fourth-order valence-corrected chi connectivity index (χ4v) is 2.39. The van der Waals surface area contributed by atoms with E-state index in [0.29, 0.717) is 35.1 Å². The number of benzene rings is 2. The molecular weight excluding hydrogens is 364 g/mol. The molecular formula is C20H22N2O4S. The lowest BCUT2D eigenvalue weighted by atomic mass is 10.2. The van der Waals surface area contributed by atoms with Gasteiger partial charge in [0.15, 0.2) is 5.11 Å². The normalized spacial score (nSPS) is 10.2. The van der Waals surface area contributed by atoms with Crippen LogP contribution in [0.1, 0.15) is 34.6 Å². The highest BCUT2D eigenvalue weighted by Gasteiger charge is 2.14. The van der Waals surface area contributed by atoms with Crippen molar-refractivity contribution in [1.29, 1.82) is 0 Å². The van der Waals surface area contributed by atoms with Gasteiger partial charge in [0.25, 0.3) is 5.91 Å². The molecule has 0 aliphatic rings. The van der Waals surface area contributed by atoms with Crippen molar-refractivity contribution in [3.63, 3.8) is 0 Å². The van der Waals surface area contributed by atoms with Crippen LogP contribution in [0, 0.1) is 5.92 Å². The van der Waals surface area contributed by atoms with E-state index in [4.69, 9.17) is 17.0 Å². The Morgan fingerprint density at radius 2 is 1.74 bits per heavy atom. The number of thiocarbonyl (C=S) groups is 1. The maximum Gasteiger partial charge on any atom is 0.337 e. The summed E-state index contributed by atoms with van der Waals surface area (Å²) >= 11 is 5.19. The molecule has 0 aromatic heterocycles. The van der Waals surface area contributed by atoms with E-state index >= 15 is 0 Å². The smallest absolute Gasteiger partial charge is 0.337 e. The van der Waals surface area contributed by atoms with E-state index < -0.39 is 5.97 Å². The number of carbonyl (C=O) groups is 2. The first-order valence-electron chi connectivity index (χ1n) is 8.43. The molecule has 7 heteroatoms. The first-order chi connectivity index (χ1) is 12.9. The number of ether oxygens (including phenoxy) is 2. The van der Waals surface area contributed by atoms with Crippen molar-refractivity contribution < 1.29 is 19.1 Å². The molecule has 0 radical (unpaired) electrons. The van der Waals surface area contributed by atoms with Gasteiger partial charge in [0.05, 0.1) is 24.8 Å². The molecule has 0 heterocycles. The summed E-state index contributed by atoms with van der Waals surface area (Å²) in [5.41, 5.74) is 1.47. The van der Waals surface area contributed by atoms with Crippen LogP contribution in [0.25, 0.3) is 0 Å². The van der Waals surface area contributed by atoms with Crippen LogP contribution in [0.2, 0.25) is 0 Å². The van der Waals surface area contributed by atoms with Crippen LogP contribution in [0.15, 0.2) is 48.5 Å². The standard InChI is InChI=1S/C20H22N2O4S/c1-13(2)12-26-17-7-5-4-6-16(17)18(23)22-20(27)21-15-10-8-14(9-11-15)19(24)25-3/h4-11,13H,12H2,1-3H3,(H2,21,22,23,27). The third kappa shape index (κ3) is 6.07. The van der Waals surface area contributed by atoms with Crippen LogP contribution in [-0.2, 0) is 4.74 Å². The third-order valence-corrected chi connectivity index (χ3v) is 3.70. The number of para-hydroxylation sites is 1. The largest absolute Gasteiger partial charge is 0.492 e. The van der Waals surface area contributed by atoms with E-state index in [-0.39, 0.29) is 11.0 Å². The second-order valence-electron chi connectivity index (χ2n) is 6.18. The number of methoxy groups -OCH3 is 1. The van der Waals surface area contributed by atoms with Crippen LogP contribution < -0.4 is 15.4 Å². The van der Waals surface area contributed by atoms with E-state index in [1.165, 1.54) is 7.11 Å². The Kier molecular flexibility index (Phi) is 7.31. The van der Waals surface area contributed by atoms with Gasteiger partial charge in [-0.1, -0.05) is 26.0 Å². The van der Waals surface area contributed by atoms with Gasteiger partial charge in [-0.2, -0.15) is 0 Å². The maximum absolute atomic E-state index is 12.5. The Morgan fingerprint density at radius 3 is 2.37 bits per heavy atom. The van der Waals surface area contributed by atoms with Gasteiger partial charge in [-0.05, 0) is 54.5 Å². The van der Waals surface area contributed by atoms with Crippen molar-refractivity contribution in [3.05, 3.63) is 59.7 Å². The van der Waals surface area contributed by atoms with Gasteiger partial charge in [-0.15, -0.1) is 0 Å². The molecule has 0 atom stereocenters. The number of anilines is 1. The third-order valence-electron chi connectivity index (χ3n) is 3.49. The summed E-state index contributed by atoms with van der Waals surface area (Å²) in [4.78, 5) is 24.0. The van der Waals surface area contributed by atoms with Gasteiger partial charge in [0.2, 0.25) is 0 Å². The molecule has 0 saturated carbocycles. The number of nitrogens with one attached hydrogen (secondary N) is 2. The second-order valence-corrected chi connectivity index (χ2v) is 6.59. The van der Waals surface area contributed by atoms with Gasteiger partial charge in [0, 0.05) is 5.69 Å². The summed E-state index contributed by atoms with van der Waals surface area (Å²) in [5, 5.41) is 5.68. The number of hydrogen-bond acceptors (Lipinski definition) is 5. The molecule has 6 nitrogen and oxygen atoms in total. The lowest BCUT2D eigenvalue weighted by Gasteiger charge is -2.14. The van der Waals surface area contributed by atoms with E-state index in [0.717, 1.165) is 0 Å².